The van der Waals surface area contributed by atoms with E-state index in [1.54, 1.807) is 0 Å². The highest BCUT2D eigenvalue weighted by molar-refractivity contribution is 5.80. The number of aromatic nitrogens is 3. The first kappa shape index (κ1) is 6.78. The molecule has 0 fully saturated rings. The van der Waals surface area contributed by atoms with Crippen LogP contribution < -0.4 is 0 Å². The summed E-state index contributed by atoms with van der Waals surface area (Å²) in [5, 5.41) is 18.7. The number of oxime groups is 1. The van der Waals surface area contributed by atoms with Gasteiger partial charge in [-0.15, -0.1) is 5.10 Å². The van der Waals surface area contributed by atoms with Crippen molar-refractivity contribution in [1.82, 2.24) is 15.0 Å². The molecule has 1 aromatic heterocycles. The number of fused-ring (bicyclic) bond motifs is 1. The van der Waals surface area contributed by atoms with Crippen LogP contribution in [0.4, 0.5) is 0 Å². The molecular formula is C7H6N4O. The van der Waals surface area contributed by atoms with E-state index >= 15 is 0 Å². The van der Waals surface area contributed by atoms with Gasteiger partial charge in [-0.05, 0) is 12.1 Å². The van der Waals surface area contributed by atoms with E-state index in [1.807, 2.05) is 24.3 Å². The van der Waals surface area contributed by atoms with Gasteiger partial charge in [0.15, 0.2) is 6.34 Å². The van der Waals surface area contributed by atoms with Gasteiger partial charge in [-0.3, -0.25) is 0 Å². The van der Waals surface area contributed by atoms with E-state index in [1.165, 1.54) is 11.0 Å². The Labute approximate surface area is 67.9 Å². The molecule has 0 saturated heterocycles. The van der Waals surface area contributed by atoms with Crippen molar-refractivity contribution in [2.45, 2.75) is 0 Å². The van der Waals surface area contributed by atoms with Crippen LogP contribution in [0.5, 0.6) is 0 Å². The molecule has 12 heavy (non-hydrogen) atoms. The van der Waals surface area contributed by atoms with Gasteiger partial charge in [0.25, 0.3) is 0 Å². The Morgan fingerprint density at radius 1 is 1.42 bits per heavy atom. The maximum Gasteiger partial charge on any atom is 0.158 e. The molecule has 0 aliphatic rings. The highest BCUT2D eigenvalue weighted by Crippen LogP contribution is 2.07. The average Bonchev–Trinajstić information content (AvgIpc) is 2.50. The van der Waals surface area contributed by atoms with Crippen LogP contribution in [0.3, 0.4) is 0 Å². The Hall–Kier alpha value is -1.91. The summed E-state index contributed by atoms with van der Waals surface area (Å²) in [6.07, 6.45) is 1.19. The standard InChI is InChI=1S/C7H6N4O/c12-8-5-11-7-4-2-1-3-6(7)9-10-11/h1-5,12H/b8-5-. The third kappa shape index (κ3) is 0.914. The predicted octanol–water partition coefficient (Wildman–Crippen LogP) is 0.697. The zero-order chi connectivity index (χ0) is 8.39. The van der Waals surface area contributed by atoms with Gasteiger partial charge in [0.05, 0.1) is 5.52 Å². The van der Waals surface area contributed by atoms with E-state index in [2.05, 4.69) is 15.5 Å². The van der Waals surface area contributed by atoms with E-state index in [4.69, 9.17) is 5.21 Å². The molecule has 0 atom stereocenters. The van der Waals surface area contributed by atoms with Crippen LogP contribution in [0.25, 0.3) is 11.0 Å². The molecule has 0 aliphatic carbocycles. The topological polar surface area (TPSA) is 63.3 Å². The molecule has 1 heterocycles. The summed E-state index contributed by atoms with van der Waals surface area (Å²) in [5.41, 5.74) is 1.59. The van der Waals surface area contributed by atoms with Crippen LogP contribution in [0.2, 0.25) is 0 Å². The Bertz CT molecular complexity index is 420. The van der Waals surface area contributed by atoms with Crippen molar-refractivity contribution in [3.63, 3.8) is 0 Å². The molecule has 1 aromatic carbocycles. The van der Waals surface area contributed by atoms with Crippen molar-refractivity contribution >= 4 is 17.4 Å². The number of benzene rings is 1. The molecule has 0 bridgehead atoms. The lowest BCUT2D eigenvalue weighted by Crippen LogP contribution is -1.96. The van der Waals surface area contributed by atoms with Gasteiger partial charge in [-0.2, -0.15) is 4.68 Å². The lowest BCUT2D eigenvalue weighted by molar-refractivity contribution is 0.319. The maximum atomic E-state index is 8.28. The smallest absolute Gasteiger partial charge is 0.158 e. The fourth-order valence-corrected chi connectivity index (χ4v) is 1.02. The van der Waals surface area contributed by atoms with Gasteiger partial charge in [-0.1, -0.05) is 22.5 Å². The highest BCUT2D eigenvalue weighted by Gasteiger charge is 1.99. The van der Waals surface area contributed by atoms with E-state index in [0.717, 1.165) is 11.0 Å². The summed E-state index contributed by atoms with van der Waals surface area (Å²) in [6.45, 7) is 0. The Morgan fingerprint density at radius 2 is 2.25 bits per heavy atom. The zero-order valence-electron chi connectivity index (χ0n) is 6.12. The van der Waals surface area contributed by atoms with Crippen molar-refractivity contribution in [2.75, 3.05) is 0 Å². The van der Waals surface area contributed by atoms with Gasteiger partial charge >= 0.3 is 0 Å². The van der Waals surface area contributed by atoms with Gasteiger partial charge in [-0.25, -0.2) is 0 Å². The summed E-state index contributed by atoms with van der Waals surface area (Å²) in [4.78, 5) is 0. The second kappa shape index (κ2) is 2.61. The van der Waals surface area contributed by atoms with Crippen molar-refractivity contribution in [3.8, 4) is 0 Å². The number of nitrogens with zero attached hydrogens (tertiary/aromatic N) is 4. The first-order valence-corrected chi connectivity index (χ1v) is 3.39. The molecule has 5 nitrogen and oxygen atoms in total. The third-order valence-corrected chi connectivity index (χ3v) is 1.54. The molecule has 2 aromatic rings. The Kier molecular flexibility index (Phi) is 1.48. The summed E-state index contributed by atoms with van der Waals surface area (Å²) in [5.74, 6) is 0. The van der Waals surface area contributed by atoms with E-state index in [-0.39, 0.29) is 0 Å². The van der Waals surface area contributed by atoms with Crippen LogP contribution in [0, 0.1) is 0 Å². The number of para-hydroxylation sites is 1. The minimum atomic E-state index is 0.775. The van der Waals surface area contributed by atoms with E-state index in [9.17, 15) is 0 Å². The quantitative estimate of drug-likeness (QED) is 0.290. The number of hydrogen-bond acceptors (Lipinski definition) is 4. The summed E-state index contributed by atoms with van der Waals surface area (Å²) < 4.78 is 1.40. The normalized spacial score (nSPS) is 11.3. The molecule has 60 valence electrons. The van der Waals surface area contributed by atoms with Crippen LogP contribution in [-0.4, -0.2) is 26.5 Å². The van der Waals surface area contributed by atoms with Crippen LogP contribution in [0.1, 0.15) is 0 Å². The molecule has 0 saturated carbocycles. The number of hydrogen-bond donors (Lipinski definition) is 1. The second-order valence-corrected chi connectivity index (χ2v) is 2.25. The minimum Gasteiger partial charge on any atom is -0.410 e. The minimum absolute atomic E-state index is 0.775. The van der Waals surface area contributed by atoms with Crippen molar-refractivity contribution in [3.05, 3.63) is 24.3 Å². The Morgan fingerprint density at radius 3 is 3.08 bits per heavy atom. The van der Waals surface area contributed by atoms with Crippen molar-refractivity contribution in [1.29, 1.82) is 0 Å². The first-order valence-electron chi connectivity index (χ1n) is 3.39. The van der Waals surface area contributed by atoms with Crippen molar-refractivity contribution < 1.29 is 5.21 Å². The molecule has 0 aliphatic heterocycles. The highest BCUT2D eigenvalue weighted by atomic mass is 16.4. The fourth-order valence-electron chi connectivity index (χ4n) is 1.02. The third-order valence-electron chi connectivity index (χ3n) is 1.54. The van der Waals surface area contributed by atoms with Gasteiger partial charge < -0.3 is 5.21 Å². The largest absolute Gasteiger partial charge is 0.410 e. The molecule has 0 unspecified atom stereocenters. The van der Waals surface area contributed by atoms with E-state index < -0.39 is 0 Å². The molecule has 0 spiro atoms. The van der Waals surface area contributed by atoms with Crippen molar-refractivity contribution in [2.24, 2.45) is 5.16 Å². The number of rotatable bonds is 1. The summed E-state index contributed by atoms with van der Waals surface area (Å²) in [7, 11) is 0. The summed E-state index contributed by atoms with van der Waals surface area (Å²) >= 11 is 0. The lowest BCUT2D eigenvalue weighted by atomic mass is 10.3. The van der Waals surface area contributed by atoms with E-state index in [0.29, 0.717) is 0 Å². The average molecular weight is 162 g/mol. The summed E-state index contributed by atoms with van der Waals surface area (Å²) in [6, 6.07) is 7.42. The van der Waals surface area contributed by atoms with Gasteiger partial charge in [0.1, 0.15) is 5.52 Å². The molecular weight excluding hydrogens is 156 g/mol. The predicted molar refractivity (Wildman–Crippen MR) is 43.2 cm³/mol. The molecule has 0 amide bonds. The van der Waals surface area contributed by atoms with Gasteiger partial charge in [0.2, 0.25) is 0 Å². The maximum absolute atomic E-state index is 8.28. The Balaban J connectivity index is 2.70. The van der Waals surface area contributed by atoms with Gasteiger partial charge in [0, 0.05) is 0 Å². The fraction of sp³-hybridized carbons (Fsp3) is 0. The lowest BCUT2D eigenvalue weighted by Gasteiger charge is -1.88. The molecule has 5 heteroatoms. The first-order chi connectivity index (χ1) is 5.92. The molecule has 1 N–H and O–H groups in total. The molecule has 0 radical (unpaired) electrons. The van der Waals surface area contributed by atoms with Crippen LogP contribution in [-0.2, 0) is 0 Å². The zero-order valence-corrected chi connectivity index (χ0v) is 6.12. The van der Waals surface area contributed by atoms with Crippen LogP contribution >= 0.6 is 0 Å². The molecule has 2 rings (SSSR count). The van der Waals surface area contributed by atoms with Crippen LogP contribution in [0.15, 0.2) is 29.4 Å². The monoisotopic (exact) mass is 162 g/mol. The second-order valence-electron chi connectivity index (χ2n) is 2.25. The SMILES string of the molecule is O/N=C\n1nnc2ccccc21.